The Balaban J connectivity index is 1.06. The molecule has 0 unspecified atom stereocenters. The fourth-order valence-electron chi connectivity index (χ4n) is 8.41. The van der Waals surface area contributed by atoms with Crippen LogP contribution in [0.1, 0.15) is 0 Å². The van der Waals surface area contributed by atoms with Crippen LogP contribution in [0.4, 0.5) is 17.1 Å². The summed E-state index contributed by atoms with van der Waals surface area (Å²) in [6.45, 7) is 0. The van der Waals surface area contributed by atoms with E-state index in [0.29, 0.717) is 0 Å². The fraction of sp³-hybridized carbons (Fsp3) is 0. The molecule has 0 atom stereocenters. The maximum Gasteiger partial charge on any atom is 0.0547 e. The lowest BCUT2D eigenvalue weighted by Gasteiger charge is -2.28. The van der Waals surface area contributed by atoms with Gasteiger partial charge in [-0.2, -0.15) is 0 Å². The highest BCUT2D eigenvalue weighted by atomic mass is 32.1. The molecule has 55 heavy (non-hydrogen) atoms. The molecule has 0 saturated carbocycles. The van der Waals surface area contributed by atoms with Crippen molar-refractivity contribution in [1.82, 2.24) is 4.57 Å². The largest absolute Gasteiger partial charge is 0.310 e. The van der Waals surface area contributed by atoms with Gasteiger partial charge in [0.1, 0.15) is 0 Å². The van der Waals surface area contributed by atoms with E-state index in [-0.39, 0.29) is 0 Å². The number of rotatable bonds is 6. The van der Waals surface area contributed by atoms with Crippen molar-refractivity contribution in [2.75, 3.05) is 4.90 Å². The third-order valence-electron chi connectivity index (χ3n) is 11.0. The first kappa shape index (κ1) is 31.6. The highest BCUT2D eigenvalue weighted by molar-refractivity contribution is 7.26. The number of para-hydroxylation sites is 2. The molecule has 9 aromatic carbocycles. The Hall–Kier alpha value is -6.94. The van der Waals surface area contributed by atoms with Crippen LogP contribution in [0.5, 0.6) is 0 Å². The van der Waals surface area contributed by atoms with Crippen molar-refractivity contribution < 1.29 is 0 Å². The van der Waals surface area contributed by atoms with Gasteiger partial charge in [0.05, 0.1) is 16.7 Å². The van der Waals surface area contributed by atoms with E-state index in [1.54, 1.807) is 0 Å². The van der Waals surface area contributed by atoms with E-state index in [9.17, 15) is 0 Å². The van der Waals surface area contributed by atoms with E-state index < -0.39 is 0 Å². The van der Waals surface area contributed by atoms with E-state index in [2.05, 4.69) is 216 Å². The molecule has 11 rings (SSSR count). The molecule has 11 aromatic rings. The SMILES string of the molecule is c1ccc(-c2ccccc2N(c2ccc(-c3cccc4c3sc3ccccc34)cc2)c2ccc(-n3c4ccccc4c4cc5ccccc5cc43)cc2)cc1. The monoisotopic (exact) mass is 718 g/mol. The summed E-state index contributed by atoms with van der Waals surface area (Å²) in [4.78, 5) is 2.40. The van der Waals surface area contributed by atoms with E-state index in [1.807, 2.05) is 11.3 Å². The zero-order valence-corrected chi connectivity index (χ0v) is 30.7. The van der Waals surface area contributed by atoms with Crippen LogP contribution in [0.25, 0.3) is 80.7 Å². The first-order valence-corrected chi connectivity index (χ1v) is 19.6. The molecule has 0 aliphatic heterocycles. The maximum atomic E-state index is 2.41. The third-order valence-corrected chi connectivity index (χ3v) is 12.2. The second-order valence-electron chi connectivity index (χ2n) is 14.1. The van der Waals surface area contributed by atoms with Gasteiger partial charge in [-0.3, -0.25) is 0 Å². The lowest BCUT2D eigenvalue weighted by Crippen LogP contribution is -2.11. The fourth-order valence-corrected chi connectivity index (χ4v) is 9.64. The highest BCUT2D eigenvalue weighted by Crippen LogP contribution is 2.44. The summed E-state index contributed by atoms with van der Waals surface area (Å²) in [5.74, 6) is 0. The molecule has 2 nitrogen and oxygen atoms in total. The second-order valence-corrected chi connectivity index (χ2v) is 15.2. The van der Waals surface area contributed by atoms with Gasteiger partial charge in [-0.15, -0.1) is 11.3 Å². The molecule has 0 fully saturated rings. The zero-order valence-electron chi connectivity index (χ0n) is 29.9. The van der Waals surface area contributed by atoms with Crippen molar-refractivity contribution in [3.05, 3.63) is 206 Å². The van der Waals surface area contributed by atoms with E-state index >= 15 is 0 Å². The van der Waals surface area contributed by atoms with Gasteiger partial charge in [-0.1, -0.05) is 140 Å². The summed E-state index contributed by atoms with van der Waals surface area (Å²) in [7, 11) is 0. The number of fused-ring (bicyclic) bond motifs is 7. The Kier molecular flexibility index (Phi) is 7.39. The molecule has 0 N–H and O–H groups in total. The minimum atomic E-state index is 1.10. The highest BCUT2D eigenvalue weighted by Gasteiger charge is 2.19. The summed E-state index contributed by atoms with van der Waals surface area (Å²) in [5.41, 5.74) is 11.7. The first-order valence-electron chi connectivity index (χ1n) is 18.8. The molecular formula is C52H34N2S. The van der Waals surface area contributed by atoms with Gasteiger partial charge in [0.2, 0.25) is 0 Å². The van der Waals surface area contributed by atoms with Crippen molar-refractivity contribution in [3.63, 3.8) is 0 Å². The number of anilines is 3. The topological polar surface area (TPSA) is 8.17 Å². The van der Waals surface area contributed by atoms with E-state index in [1.165, 1.54) is 75.0 Å². The number of benzene rings is 9. The summed E-state index contributed by atoms with van der Waals surface area (Å²) in [6.07, 6.45) is 0. The lowest BCUT2D eigenvalue weighted by atomic mass is 10.0. The summed E-state index contributed by atoms with van der Waals surface area (Å²) in [5, 5.41) is 7.67. The van der Waals surface area contributed by atoms with Crippen LogP contribution in [-0.2, 0) is 0 Å². The Labute approximate surface area is 323 Å². The lowest BCUT2D eigenvalue weighted by molar-refractivity contribution is 1.17. The average molecular weight is 719 g/mol. The van der Waals surface area contributed by atoms with Crippen LogP contribution < -0.4 is 4.90 Å². The van der Waals surface area contributed by atoms with Crippen LogP contribution in [0.15, 0.2) is 206 Å². The molecule has 0 saturated heterocycles. The van der Waals surface area contributed by atoms with Crippen molar-refractivity contribution >= 4 is 81.1 Å². The molecule has 0 bridgehead atoms. The summed E-state index contributed by atoms with van der Waals surface area (Å²) in [6, 6.07) is 75.1. The van der Waals surface area contributed by atoms with Crippen molar-refractivity contribution in [3.8, 4) is 27.9 Å². The average Bonchev–Trinajstić information content (AvgIpc) is 3.79. The molecule has 2 aromatic heterocycles. The van der Waals surface area contributed by atoms with Gasteiger partial charge in [0.25, 0.3) is 0 Å². The van der Waals surface area contributed by atoms with Crippen molar-refractivity contribution in [2.45, 2.75) is 0 Å². The molecule has 2 heterocycles. The smallest absolute Gasteiger partial charge is 0.0547 e. The zero-order chi connectivity index (χ0) is 36.3. The number of hydrogen-bond acceptors (Lipinski definition) is 2. The van der Waals surface area contributed by atoms with Crippen LogP contribution in [-0.4, -0.2) is 4.57 Å². The minimum absolute atomic E-state index is 1.10. The standard InChI is InChI=1S/C52H34N2S/c1-2-13-35(14-3-1)42-17-6-9-22-48(42)53(39-27-25-36(26-28-39)43-20-12-21-46-45-19-8-11-24-51(45)55-52(43)46)40-29-31-41(32-30-40)54-49-23-10-7-18-44(49)47-33-37-15-4-5-16-38(37)34-50(47)54/h1-34H. The Morgan fingerprint density at radius 3 is 1.80 bits per heavy atom. The van der Waals surface area contributed by atoms with Gasteiger partial charge >= 0.3 is 0 Å². The molecule has 0 aliphatic rings. The predicted molar refractivity (Wildman–Crippen MR) is 237 cm³/mol. The van der Waals surface area contributed by atoms with Crippen LogP contribution in [0.3, 0.4) is 0 Å². The van der Waals surface area contributed by atoms with Gasteiger partial charge < -0.3 is 9.47 Å². The molecule has 0 spiro atoms. The van der Waals surface area contributed by atoms with E-state index in [4.69, 9.17) is 0 Å². The molecule has 0 aliphatic carbocycles. The molecular weight excluding hydrogens is 685 g/mol. The normalized spacial score (nSPS) is 11.6. The van der Waals surface area contributed by atoms with Gasteiger partial charge in [0.15, 0.2) is 0 Å². The Morgan fingerprint density at radius 1 is 0.382 bits per heavy atom. The van der Waals surface area contributed by atoms with Crippen LogP contribution in [0.2, 0.25) is 0 Å². The van der Waals surface area contributed by atoms with Gasteiger partial charge in [-0.05, 0) is 94.2 Å². The molecule has 0 amide bonds. The van der Waals surface area contributed by atoms with Crippen LogP contribution >= 0.6 is 11.3 Å². The van der Waals surface area contributed by atoms with Gasteiger partial charge in [-0.25, -0.2) is 0 Å². The molecule has 3 heteroatoms. The Bertz CT molecular complexity index is 3190. The summed E-state index contributed by atoms with van der Waals surface area (Å²) < 4.78 is 5.06. The number of nitrogens with zero attached hydrogens (tertiary/aromatic N) is 2. The maximum absolute atomic E-state index is 2.41. The third kappa shape index (κ3) is 5.24. The Morgan fingerprint density at radius 2 is 0.982 bits per heavy atom. The number of thiophene rings is 1. The predicted octanol–water partition coefficient (Wildman–Crippen LogP) is 15.1. The molecule has 0 radical (unpaired) electrons. The van der Waals surface area contributed by atoms with Crippen LogP contribution in [0, 0.1) is 0 Å². The second kappa shape index (κ2) is 12.9. The van der Waals surface area contributed by atoms with E-state index in [0.717, 1.165) is 22.7 Å². The number of hydrogen-bond donors (Lipinski definition) is 0. The summed E-state index contributed by atoms with van der Waals surface area (Å²) >= 11 is 1.88. The van der Waals surface area contributed by atoms with Crippen molar-refractivity contribution in [1.29, 1.82) is 0 Å². The quantitative estimate of drug-likeness (QED) is 0.166. The van der Waals surface area contributed by atoms with Crippen molar-refractivity contribution in [2.24, 2.45) is 0 Å². The first-order chi connectivity index (χ1) is 27.3. The number of aromatic nitrogens is 1. The molecule has 258 valence electrons. The van der Waals surface area contributed by atoms with Gasteiger partial charge in [0, 0.05) is 53.6 Å². The minimum Gasteiger partial charge on any atom is -0.310 e.